The average molecular weight is 598 g/mol. The van der Waals surface area contributed by atoms with Crippen LogP contribution in [0.25, 0.3) is 0 Å². The molecule has 226 valence electrons. The van der Waals surface area contributed by atoms with Crippen molar-refractivity contribution in [1.82, 2.24) is 9.80 Å². The van der Waals surface area contributed by atoms with Gasteiger partial charge in [0.05, 0.1) is 19.3 Å². The van der Waals surface area contributed by atoms with E-state index in [4.69, 9.17) is 21.1 Å². The summed E-state index contributed by atoms with van der Waals surface area (Å²) < 4.78 is 11.6. The van der Waals surface area contributed by atoms with Crippen molar-refractivity contribution < 1.29 is 23.9 Å². The van der Waals surface area contributed by atoms with E-state index in [1.807, 2.05) is 0 Å². The Hall–Kier alpha value is -3.18. The number of anilines is 3. The summed E-state index contributed by atoms with van der Waals surface area (Å²) in [5, 5.41) is 6.42. The van der Waals surface area contributed by atoms with E-state index in [1.165, 1.54) is 12.8 Å². The van der Waals surface area contributed by atoms with Crippen LogP contribution >= 0.6 is 11.6 Å². The van der Waals surface area contributed by atoms with Crippen LogP contribution in [-0.4, -0.2) is 92.3 Å². The van der Waals surface area contributed by atoms with E-state index in [0.29, 0.717) is 55.0 Å². The second kappa shape index (κ2) is 14.3. The molecule has 0 aliphatic carbocycles. The third kappa shape index (κ3) is 7.80. The molecule has 3 heterocycles. The highest BCUT2D eigenvalue weighted by molar-refractivity contribution is 6.30. The van der Waals surface area contributed by atoms with Gasteiger partial charge >= 0.3 is 6.03 Å². The number of carbonyl (C=O) groups is 3. The second-order valence-electron chi connectivity index (χ2n) is 11.2. The van der Waals surface area contributed by atoms with Crippen molar-refractivity contribution in [2.75, 3.05) is 68.1 Å². The fourth-order valence-electron chi connectivity index (χ4n) is 5.76. The summed E-state index contributed by atoms with van der Waals surface area (Å²) in [5.74, 6) is 0.0268. The lowest BCUT2D eigenvalue weighted by Crippen LogP contribution is -2.45. The molecule has 4 amide bonds. The Kier molecular flexibility index (Phi) is 10.3. The number of amides is 4. The van der Waals surface area contributed by atoms with Gasteiger partial charge in [0.2, 0.25) is 5.91 Å². The Morgan fingerprint density at radius 3 is 2.40 bits per heavy atom. The van der Waals surface area contributed by atoms with E-state index in [0.717, 1.165) is 31.7 Å². The maximum absolute atomic E-state index is 13.5. The molecule has 3 aliphatic heterocycles. The van der Waals surface area contributed by atoms with Gasteiger partial charge in [-0.05, 0) is 86.8 Å². The van der Waals surface area contributed by atoms with Crippen LogP contribution in [0.2, 0.25) is 5.02 Å². The molecule has 2 aromatic rings. The van der Waals surface area contributed by atoms with Gasteiger partial charge < -0.3 is 34.8 Å². The topological polar surface area (TPSA) is 103 Å². The van der Waals surface area contributed by atoms with Crippen LogP contribution in [0.15, 0.2) is 48.5 Å². The molecular formula is C31H40ClN5O5. The number of likely N-dealkylation sites (tertiary alicyclic amines) is 2. The maximum Gasteiger partial charge on any atom is 0.322 e. The van der Waals surface area contributed by atoms with E-state index in [9.17, 15) is 14.4 Å². The second-order valence-corrected chi connectivity index (χ2v) is 11.6. The summed E-state index contributed by atoms with van der Waals surface area (Å²) in [6, 6.07) is 12.9. The highest BCUT2D eigenvalue weighted by Gasteiger charge is 2.40. The van der Waals surface area contributed by atoms with Gasteiger partial charge in [-0.1, -0.05) is 18.5 Å². The molecular weight excluding hydrogens is 558 g/mol. The molecule has 11 heteroatoms. The molecule has 3 saturated heterocycles. The quantitative estimate of drug-likeness (QED) is 0.419. The number of urea groups is 1. The first-order chi connectivity index (χ1) is 20.4. The molecule has 2 N–H and O–H groups in total. The number of carbonyl (C=O) groups excluding carboxylic acids is 3. The van der Waals surface area contributed by atoms with Gasteiger partial charge in [0.25, 0.3) is 5.91 Å². The first-order valence-electron chi connectivity index (χ1n) is 14.9. The lowest BCUT2D eigenvalue weighted by Gasteiger charge is -2.27. The fraction of sp³-hybridized carbons (Fsp3) is 0.516. The highest BCUT2D eigenvalue weighted by Crippen LogP contribution is 2.26. The molecule has 3 fully saturated rings. The SMILES string of the molecule is CCC(COC1C[C@H](C(=O)Nc2ccc(N3CCOCC3=O)cc2)N(C(=O)Nc2ccc(Cl)cc2)C1)CN1CCCC1. The van der Waals surface area contributed by atoms with Crippen molar-refractivity contribution in [1.29, 1.82) is 0 Å². The fourth-order valence-corrected chi connectivity index (χ4v) is 5.89. The van der Waals surface area contributed by atoms with Crippen LogP contribution in [-0.2, 0) is 19.1 Å². The van der Waals surface area contributed by atoms with Gasteiger partial charge in [-0.2, -0.15) is 0 Å². The van der Waals surface area contributed by atoms with Gasteiger partial charge in [-0.3, -0.25) is 9.59 Å². The molecule has 5 rings (SSSR count). The normalized spacial score (nSPS) is 21.9. The molecule has 2 aromatic carbocycles. The summed E-state index contributed by atoms with van der Waals surface area (Å²) in [6.45, 7) is 7.43. The predicted molar refractivity (Wildman–Crippen MR) is 163 cm³/mol. The lowest BCUT2D eigenvalue weighted by molar-refractivity contribution is -0.125. The smallest absolute Gasteiger partial charge is 0.322 e. The van der Waals surface area contributed by atoms with Crippen molar-refractivity contribution in [3.8, 4) is 0 Å². The lowest BCUT2D eigenvalue weighted by atomic mass is 10.1. The minimum absolute atomic E-state index is 0.0641. The van der Waals surface area contributed by atoms with E-state index >= 15 is 0 Å². The van der Waals surface area contributed by atoms with Crippen molar-refractivity contribution >= 4 is 46.5 Å². The zero-order chi connectivity index (χ0) is 29.5. The number of hydrogen-bond donors (Lipinski definition) is 2. The van der Waals surface area contributed by atoms with Crippen LogP contribution in [0.3, 0.4) is 0 Å². The standard InChI is InChI=1S/C31H40ClN5O5/c1-2-22(18-35-13-3-4-14-35)20-42-27-17-28(37(19-27)31(40)34-25-7-5-23(32)6-8-25)30(39)33-24-9-11-26(12-10-24)36-15-16-41-21-29(36)38/h5-12,22,27-28H,2-4,13-21H2,1H3,(H,33,39)(H,34,40)/t22?,27?,28-/m1/s1. The number of nitrogens with one attached hydrogen (secondary N) is 2. The van der Waals surface area contributed by atoms with Gasteiger partial charge in [0, 0.05) is 48.1 Å². The minimum atomic E-state index is -0.707. The Morgan fingerprint density at radius 2 is 1.71 bits per heavy atom. The Morgan fingerprint density at radius 1 is 1.02 bits per heavy atom. The highest BCUT2D eigenvalue weighted by atomic mass is 35.5. The summed E-state index contributed by atoms with van der Waals surface area (Å²) in [5.41, 5.74) is 1.93. The summed E-state index contributed by atoms with van der Waals surface area (Å²) in [6.07, 6.45) is 3.67. The first kappa shape index (κ1) is 30.3. The number of benzene rings is 2. The Labute approximate surface area is 252 Å². The predicted octanol–water partition coefficient (Wildman–Crippen LogP) is 4.46. The van der Waals surface area contributed by atoms with Crippen LogP contribution in [0.4, 0.5) is 21.9 Å². The van der Waals surface area contributed by atoms with E-state index < -0.39 is 6.04 Å². The van der Waals surface area contributed by atoms with Gasteiger partial charge in [-0.15, -0.1) is 0 Å². The van der Waals surface area contributed by atoms with Crippen LogP contribution in [0.1, 0.15) is 32.6 Å². The number of halogens is 1. The van der Waals surface area contributed by atoms with Gasteiger partial charge in [0.15, 0.2) is 0 Å². The maximum atomic E-state index is 13.5. The zero-order valence-corrected chi connectivity index (χ0v) is 24.9. The summed E-state index contributed by atoms with van der Waals surface area (Å²) in [4.78, 5) is 44.8. The van der Waals surface area contributed by atoms with Crippen LogP contribution < -0.4 is 15.5 Å². The van der Waals surface area contributed by atoms with E-state index in [2.05, 4.69) is 22.5 Å². The largest absolute Gasteiger partial charge is 0.376 e. The minimum Gasteiger partial charge on any atom is -0.376 e. The Balaban J connectivity index is 1.24. The van der Waals surface area contributed by atoms with Crippen molar-refractivity contribution in [2.24, 2.45) is 5.92 Å². The zero-order valence-electron chi connectivity index (χ0n) is 24.1. The van der Waals surface area contributed by atoms with Crippen molar-refractivity contribution in [2.45, 2.75) is 44.8 Å². The number of rotatable bonds is 10. The number of nitrogens with zero attached hydrogens (tertiary/aromatic N) is 3. The number of ether oxygens (including phenoxy) is 2. The molecule has 0 spiro atoms. The molecule has 3 aliphatic rings. The first-order valence-corrected chi connectivity index (χ1v) is 15.2. The monoisotopic (exact) mass is 597 g/mol. The van der Waals surface area contributed by atoms with Crippen LogP contribution in [0, 0.1) is 5.92 Å². The van der Waals surface area contributed by atoms with Crippen molar-refractivity contribution in [3.63, 3.8) is 0 Å². The van der Waals surface area contributed by atoms with Gasteiger partial charge in [0.1, 0.15) is 12.6 Å². The van der Waals surface area contributed by atoms with E-state index in [1.54, 1.807) is 58.3 Å². The average Bonchev–Trinajstić information content (AvgIpc) is 3.67. The molecule has 0 radical (unpaired) electrons. The molecule has 0 saturated carbocycles. The third-order valence-electron chi connectivity index (χ3n) is 8.21. The Bertz CT molecular complexity index is 1220. The van der Waals surface area contributed by atoms with Crippen molar-refractivity contribution in [3.05, 3.63) is 53.6 Å². The molecule has 0 bridgehead atoms. The van der Waals surface area contributed by atoms with E-state index in [-0.39, 0.29) is 30.6 Å². The number of morpholine rings is 1. The molecule has 0 aromatic heterocycles. The molecule has 10 nitrogen and oxygen atoms in total. The number of hydrogen-bond acceptors (Lipinski definition) is 6. The van der Waals surface area contributed by atoms with Gasteiger partial charge in [-0.25, -0.2) is 4.79 Å². The molecule has 3 atom stereocenters. The molecule has 2 unspecified atom stereocenters. The van der Waals surface area contributed by atoms with Crippen LogP contribution in [0.5, 0.6) is 0 Å². The molecule has 42 heavy (non-hydrogen) atoms. The third-order valence-corrected chi connectivity index (χ3v) is 8.47. The summed E-state index contributed by atoms with van der Waals surface area (Å²) in [7, 11) is 0. The summed E-state index contributed by atoms with van der Waals surface area (Å²) >= 11 is 6.00.